The zero-order valence-corrected chi connectivity index (χ0v) is 32.9. The zero-order valence-electron chi connectivity index (χ0n) is 32.1. The first kappa shape index (κ1) is 34.9. The van der Waals surface area contributed by atoms with Crippen molar-refractivity contribution >= 4 is 39.1 Å². The van der Waals surface area contributed by atoms with Crippen LogP contribution in [0.3, 0.4) is 0 Å². The van der Waals surface area contributed by atoms with Crippen LogP contribution in [-0.2, 0) is 0 Å². The Kier molecular flexibility index (Phi) is 9.24. The normalized spacial score (nSPS) is 12.2. The van der Waals surface area contributed by atoms with Gasteiger partial charge in [0.05, 0.1) is 23.1 Å². The van der Waals surface area contributed by atoms with Gasteiger partial charge in [-0.05, 0) is 81.6 Å². The van der Waals surface area contributed by atoms with Crippen LogP contribution in [-0.4, -0.2) is 18.9 Å². The number of fused-ring (bicyclic) bond motifs is 6. The standard InChI is InChI=1S/C48H48N4S/c1-29(2)36-17-12-18-37(30(3)4)45(36)44-28-50-48-42-27-35(22-23-40(42)41-16-9-10-21-43(41)52(44)48)53-34-15-11-14-33(26-34)47-49-24-25-51(47)46-38(31(5)6)19-13-20-39(46)32(7)8/h9-32H,1-8H3. The van der Waals surface area contributed by atoms with E-state index in [1.165, 1.54) is 59.6 Å². The van der Waals surface area contributed by atoms with Crippen molar-refractivity contribution < 1.29 is 0 Å². The largest absolute Gasteiger partial charge is 0.299 e. The number of rotatable bonds is 9. The molecule has 0 fully saturated rings. The Bertz CT molecular complexity index is 2570. The minimum absolute atomic E-state index is 0.389. The molecule has 0 saturated heterocycles. The van der Waals surface area contributed by atoms with E-state index in [4.69, 9.17) is 9.97 Å². The van der Waals surface area contributed by atoms with Crippen LogP contribution in [0.5, 0.6) is 0 Å². The molecule has 0 amide bonds. The molecule has 0 aliphatic rings. The van der Waals surface area contributed by atoms with Crippen LogP contribution < -0.4 is 0 Å². The fourth-order valence-corrected chi connectivity index (χ4v) is 8.95. The minimum atomic E-state index is 0.389. The smallest absolute Gasteiger partial charge is 0.145 e. The van der Waals surface area contributed by atoms with E-state index in [1.807, 2.05) is 6.20 Å². The molecule has 0 radical (unpaired) electrons. The molecule has 0 bridgehead atoms. The molecule has 5 aromatic carbocycles. The first-order valence-electron chi connectivity index (χ1n) is 19.0. The van der Waals surface area contributed by atoms with Gasteiger partial charge in [0, 0.05) is 44.1 Å². The predicted molar refractivity (Wildman–Crippen MR) is 225 cm³/mol. The molecular formula is C48H48N4S. The Morgan fingerprint density at radius 2 is 1.17 bits per heavy atom. The second-order valence-corrected chi connectivity index (χ2v) is 16.6. The van der Waals surface area contributed by atoms with E-state index in [0.29, 0.717) is 23.7 Å². The Labute approximate surface area is 318 Å². The van der Waals surface area contributed by atoms with Crippen LogP contribution in [0, 0.1) is 0 Å². The highest BCUT2D eigenvalue weighted by Gasteiger charge is 2.22. The quantitative estimate of drug-likeness (QED) is 0.140. The monoisotopic (exact) mass is 712 g/mol. The van der Waals surface area contributed by atoms with E-state index in [9.17, 15) is 0 Å². The van der Waals surface area contributed by atoms with E-state index < -0.39 is 0 Å². The van der Waals surface area contributed by atoms with Crippen molar-refractivity contribution in [1.29, 1.82) is 0 Å². The van der Waals surface area contributed by atoms with E-state index in [0.717, 1.165) is 28.1 Å². The summed E-state index contributed by atoms with van der Waals surface area (Å²) in [4.78, 5) is 12.5. The lowest BCUT2D eigenvalue weighted by atomic mass is 9.87. The molecule has 5 heteroatoms. The van der Waals surface area contributed by atoms with Crippen molar-refractivity contribution in [3.8, 4) is 28.3 Å². The van der Waals surface area contributed by atoms with Crippen LogP contribution in [0.2, 0.25) is 0 Å². The third-order valence-corrected chi connectivity index (χ3v) is 11.6. The molecule has 0 aliphatic carbocycles. The van der Waals surface area contributed by atoms with Gasteiger partial charge >= 0.3 is 0 Å². The summed E-state index contributed by atoms with van der Waals surface area (Å²) in [6.07, 6.45) is 6.14. The summed E-state index contributed by atoms with van der Waals surface area (Å²) in [6.45, 7) is 18.3. The molecule has 3 aromatic heterocycles. The fraction of sp³-hybridized carbons (Fsp3) is 0.250. The van der Waals surface area contributed by atoms with Gasteiger partial charge in [-0.2, -0.15) is 0 Å². The number of hydrogen-bond acceptors (Lipinski definition) is 3. The number of benzene rings is 5. The lowest BCUT2D eigenvalue weighted by molar-refractivity contribution is 0.806. The zero-order chi connectivity index (χ0) is 37.0. The molecule has 0 saturated carbocycles. The van der Waals surface area contributed by atoms with E-state index in [2.05, 4.69) is 180 Å². The number of aromatic nitrogens is 4. The molecule has 0 N–H and O–H groups in total. The third-order valence-electron chi connectivity index (χ3n) is 10.6. The topological polar surface area (TPSA) is 35.1 Å². The molecular weight excluding hydrogens is 665 g/mol. The Morgan fingerprint density at radius 3 is 1.85 bits per heavy atom. The molecule has 0 aliphatic heterocycles. The number of pyridine rings is 1. The van der Waals surface area contributed by atoms with Crippen LogP contribution in [0.4, 0.5) is 0 Å². The van der Waals surface area contributed by atoms with Gasteiger partial charge in [-0.3, -0.25) is 8.97 Å². The van der Waals surface area contributed by atoms with Crippen LogP contribution in [0.15, 0.2) is 132 Å². The average Bonchev–Trinajstić information content (AvgIpc) is 3.83. The van der Waals surface area contributed by atoms with Crippen LogP contribution in [0.25, 0.3) is 55.7 Å². The van der Waals surface area contributed by atoms with Crippen LogP contribution >= 0.6 is 11.8 Å². The summed E-state index contributed by atoms with van der Waals surface area (Å²) in [5, 5.41) is 3.61. The van der Waals surface area contributed by atoms with Crippen molar-refractivity contribution in [2.45, 2.75) is 88.9 Å². The molecule has 0 atom stereocenters. The first-order valence-corrected chi connectivity index (χ1v) is 19.8. The highest BCUT2D eigenvalue weighted by Crippen LogP contribution is 2.41. The van der Waals surface area contributed by atoms with Crippen molar-refractivity contribution in [3.63, 3.8) is 0 Å². The highest BCUT2D eigenvalue weighted by molar-refractivity contribution is 7.99. The average molecular weight is 713 g/mol. The molecule has 8 rings (SSSR count). The van der Waals surface area contributed by atoms with Gasteiger partial charge in [0.2, 0.25) is 0 Å². The maximum absolute atomic E-state index is 5.19. The third kappa shape index (κ3) is 6.15. The van der Waals surface area contributed by atoms with Crippen molar-refractivity contribution in [2.24, 2.45) is 0 Å². The Morgan fingerprint density at radius 1 is 0.547 bits per heavy atom. The SMILES string of the molecule is CC(C)c1cccc(C(C)C)c1-c1cnc2c3cc(Sc4cccc(-c5nccn5-c5c(C(C)C)cccc5C(C)C)c4)ccc3c3ccccc3n12. The minimum Gasteiger partial charge on any atom is -0.299 e. The summed E-state index contributed by atoms with van der Waals surface area (Å²) in [6, 6.07) is 38.0. The maximum atomic E-state index is 5.19. The summed E-state index contributed by atoms with van der Waals surface area (Å²) in [7, 11) is 0. The van der Waals surface area contributed by atoms with Crippen molar-refractivity contribution in [2.75, 3.05) is 0 Å². The molecule has 0 unspecified atom stereocenters. The second-order valence-electron chi connectivity index (χ2n) is 15.5. The Hall–Kier alpha value is -5.13. The number of imidazole rings is 2. The summed E-state index contributed by atoms with van der Waals surface area (Å²) < 4.78 is 4.70. The molecule has 266 valence electrons. The first-order chi connectivity index (χ1) is 25.6. The molecule has 4 nitrogen and oxygen atoms in total. The lowest BCUT2D eigenvalue weighted by Crippen LogP contribution is -2.07. The van der Waals surface area contributed by atoms with Gasteiger partial charge < -0.3 is 0 Å². The molecule has 53 heavy (non-hydrogen) atoms. The van der Waals surface area contributed by atoms with Gasteiger partial charge in [0.1, 0.15) is 11.5 Å². The van der Waals surface area contributed by atoms with Gasteiger partial charge in [-0.1, -0.05) is 140 Å². The summed E-state index contributed by atoms with van der Waals surface area (Å²) in [5.74, 6) is 2.53. The number of nitrogens with zero attached hydrogens (tertiary/aromatic N) is 4. The second kappa shape index (κ2) is 14.0. The van der Waals surface area contributed by atoms with E-state index in [1.54, 1.807) is 11.8 Å². The molecule has 3 heterocycles. The van der Waals surface area contributed by atoms with E-state index >= 15 is 0 Å². The summed E-state index contributed by atoms with van der Waals surface area (Å²) in [5.41, 5.74) is 12.4. The molecule has 0 spiro atoms. The fourth-order valence-electron chi connectivity index (χ4n) is 8.03. The predicted octanol–water partition coefficient (Wildman–Crippen LogP) is 13.8. The molecule has 8 aromatic rings. The van der Waals surface area contributed by atoms with Crippen molar-refractivity contribution in [3.05, 3.63) is 144 Å². The maximum Gasteiger partial charge on any atom is 0.145 e. The van der Waals surface area contributed by atoms with Gasteiger partial charge in [0.15, 0.2) is 0 Å². The number of para-hydroxylation sites is 2. The number of hydrogen-bond donors (Lipinski definition) is 0. The lowest BCUT2D eigenvalue weighted by Gasteiger charge is -2.22. The van der Waals surface area contributed by atoms with Gasteiger partial charge in [-0.15, -0.1) is 0 Å². The summed E-state index contributed by atoms with van der Waals surface area (Å²) >= 11 is 1.79. The van der Waals surface area contributed by atoms with Crippen LogP contribution in [0.1, 0.15) is 101 Å². The highest BCUT2D eigenvalue weighted by atomic mass is 32.2. The Balaban J connectivity index is 1.24. The van der Waals surface area contributed by atoms with Crippen molar-refractivity contribution in [1.82, 2.24) is 18.9 Å². The van der Waals surface area contributed by atoms with E-state index in [-0.39, 0.29) is 0 Å². The van der Waals surface area contributed by atoms with Gasteiger partial charge in [0.25, 0.3) is 0 Å². The van der Waals surface area contributed by atoms with Gasteiger partial charge in [-0.25, -0.2) is 9.97 Å².